The van der Waals surface area contributed by atoms with Crippen molar-refractivity contribution in [1.82, 2.24) is 0 Å². The fraction of sp³-hybridized carbons (Fsp3) is 0.190. The molecule has 5 heteroatoms. The van der Waals surface area contributed by atoms with Crippen molar-refractivity contribution < 1.29 is 14.3 Å². The van der Waals surface area contributed by atoms with Crippen molar-refractivity contribution in [2.75, 3.05) is 4.90 Å². The third-order valence-corrected chi connectivity index (χ3v) is 4.82. The van der Waals surface area contributed by atoms with Crippen LogP contribution in [-0.2, 0) is 9.59 Å². The lowest BCUT2D eigenvalue weighted by Gasteiger charge is -2.19. The molecule has 2 aromatic rings. The molecule has 0 saturated carbocycles. The summed E-state index contributed by atoms with van der Waals surface area (Å²) in [7, 11) is 0. The van der Waals surface area contributed by atoms with Crippen LogP contribution >= 0.6 is 0 Å². The number of fused-ring (bicyclic) bond motifs is 1. The Morgan fingerprint density at radius 3 is 2.15 bits per heavy atom. The summed E-state index contributed by atoms with van der Waals surface area (Å²) in [6.07, 6.45) is 5.14. The number of ether oxygens (including phenoxy) is 1. The Morgan fingerprint density at radius 1 is 0.923 bits per heavy atom. The monoisotopic (exact) mass is 344 g/mol. The van der Waals surface area contributed by atoms with Crippen molar-refractivity contribution >= 4 is 17.5 Å². The first-order valence-corrected chi connectivity index (χ1v) is 8.49. The van der Waals surface area contributed by atoms with Crippen LogP contribution in [0.2, 0.25) is 0 Å². The highest BCUT2D eigenvalue weighted by molar-refractivity contribution is 6.22. The first kappa shape index (κ1) is 16.1. The van der Waals surface area contributed by atoms with Gasteiger partial charge >= 0.3 is 0 Å². The van der Waals surface area contributed by atoms with Gasteiger partial charge < -0.3 is 4.74 Å². The summed E-state index contributed by atoms with van der Waals surface area (Å²) in [5.74, 6) is 0.0755. The zero-order valence-electron chi connectivity index (χ0n) is 14.0. The second-order valence-corrected chi connectivity index (χ2v) is 6.37. The Kier molecular flexibility index (Phi) is 4.02. The third-order valence-electron chi connectivity index (χ3n) is 4.82. The van der Waals surface area contributed by atoms with E-state index >= 15 is 0 Å². The molecule has 2 aliphatic rings. The second kappa shape index (κ2) is 6.49. The van der Waals surface area contributed by atoms with Gasteiger partial charge in [-0.25, -0.2) is 4.90 Å². The fourth-order valence-corrected chi connectivity index (χ4v) is 3.49. The molecule has 26 heavy (non-hydrogen) atoms. The van der Waals surface area contributed by atoms with Gasteiger partial charge in [0.2, 0.25) is 11.8 Å². The number of carbonyl (C=O) groups excluding carboxylic acids is 2. The van der Waals surface area contributed by atoms with Gasteiger partial charge in [0.1, 0.15) is 5.75 Å². The topological polar surface area (TPSA) is 70.4 Å². The lowest BCUT2D eigenvalue weighted by Crippen LogP contribution is -2.31. The molecule has 2 atom stereocenters. The van der Waals surface area contributed by atoms with E-state index in [1.165, 1.54) is 4.90 Å². The molecule has 5 nitrogen and oxygen atoms in total. The van der Waals surface area contributed by atoms with E-state index in [1.807, 2.05) is 12.2 Å². The Labute approximate surface area is 151 Å². The van der Waals surface area contributed by atoms with Gasteiger partial charge in [-0.05, 0) is 49.2 Å². The first-order valence-electron chi connectivity index (χ1n) is 8.49. The molecule has 0 radical (unpaired) electrons. The molecule has 1 aliphatic heterocycles. The van der Waals surface area contributed by atoms with Crippen LogP contribution in [0.25, 0.3) is 0 Å². The maximum absolute atomic E-state index is 12.8. The lowest BCUT2D eigenvalue weighted by atomic mass is 9.85. The van der Waals surface area contributed by atoms with Gasteiger partial charge in [0.15, 0.2) is 5.75 Å². The number of hydrogen-bond donors (Lipinski definition) is 0. The van der Waals surface area contributed by atoms with E-state index < -0.39 is 0 Å². The number of benzene rings is 2. The van der Waals surface area contributed by atoms with E-state index in [4.69, 9.17) is 10.00 Å². The number of anilines is 1. The Bertz CT molecular complexity index is 914. The summed E-state index contributed by atoms with van der Waals surface area (Å²) >= 11 is 0. The standard InChI is InChI=1S/C21H16N2O3/c22-13-14-9-11-15(12-10-14)26-19-8-4-3-7-18(19)23-20(24)16-5-1-2-6-17(16)21(23)25/h1-4,7-12,16-17H,5-6H2. The molecular weight excluding hydrogens is 328 g/mol. The molecule has 1 aliphatic carbocycles. The summed E-state index contributed by atoms with van der Waals surface area (Å²) in [5, 5.41) is 8.89. The van der Waals surface area contributed by atoms with Crippen LogP contribution in [-0.4, -0.2) is 11.8 Å². The van der Waals surface area contributed by atoms with E-state index in [0.29, 0.717) is 35.6 Å². The molecule has 1 heterocycles. The first-order chi connectivity index (χ1) is 12.7. The molecule has 128 valence electrons. The zero-order valence-corrected chi connectivity index (χ0v) is 14.0. The Morgan fingerprint density at radius 2 is 1.54 bits per heavy atom. The number of allylic oxidation sites excluding steroid dienone is 2. The minimum atomic E-state index is -0.282. The normalized spacial score (nSPS) is 21.4. The van der Waals surface area contributed by atoms with E-state index in [-0.39, 0.29) is 23.7 Å². The van der Waals surface area contributed by atoms with Crippen LogP contribution in [0, 0.1) is 23.2 Å². The second-order valence-electron chi connectivity index (χ2n) is 6.37. The van der Waals surface area contributed by atoms with E-state index in [9.17, 15) is 9.59 Å². The van der Waals surface area contributed by atoms with Gasteiger partial charge in [-0.3, -0.25) is 9.59 Å². The van der Waals surface area contributed by atoms with Crippen LogP contribution in [0.3, 0.4) is 0 Å². The van der Waals surface area contributed by atoms with Crippen molar-refractivity contribution in [3.05, 3.63) is 66.2 Å². The molecule has 2 unspecified atom stereocenters. The van der Waals surface area contributed by atoms with E-state index in [1.54, 1.807) is 48.5 Å². The highest BCUT2D eigenvalue weighted by Gasteiger charge is 2.48. The van der Waals surface area contributed by atoms with Crippen molar-refractivity contribution in [2.45, 2.75) is 12.8 Å². The van der Waals surface area contributed by atoms with Crippen molar-refractivity contribution in [1.29, 1.82) is 5.26 Å². The average Bonchev–Trinajstić information content (AvgIpc) is 2.94. The maximum atomic E-state index is 12.8. The van der Waals surface area contributed by atoms with Crippen molar-refractivity contribution in [3.63, 3.8) is 0 Å². The molecule has 1 fully saturated rings. The number of para-hydroxylation sites is 2. The number of nitriles is 1. The molecular formula is C21H16N2O3. The predicted octanol–water partition coefficient (Wildman–Crippen LogP) is 3.81. The maximum Gasteiger partial charge on any atom is 0.238 e. The number of carbonyl (C=O) groups is 2. The Hall–Kier alpha value is -3.39. The fourth-order valence-electron chi connectivity index (χ4n) is 3.49. The van der Waals surface area contributed by atoms with Gasteiger partial charge in [0.25, 0.3) is 0 Å². The molecule has 0 bridgehead atoms. The molecule has 1 saturated heterocycles. The zero-order chi connectivity index (χ0) is 18.1. The largest absolute Gasteiger partial charge is 0.455 e. The molecule has 2 amide bonds. The van der Waals surface area contributed by atoms with Gasteiger partial charge in [0.05, 0.1) is 29.2 Å². The van der Waals surface area contributed by atoms with Crippen molar-refractivity contribution in [2.24, 2.45) is 11.8 Å². The number of imide groups is 1. The van der Waals surface area contributed by atoms with Crippen molar-refractivity contribution in [3.8, 4) is 17.6 Å². The number of nitrogens with zero attached hydrogens (tertiary/aromatic N) is 2. The summed E-state index contributed by atoms with van der Waals surface area (Å²) in [6, 6.07) is 15.8. The van der Waals surface area contributed by atoms with Gasteiger partial charge in [-0.2, -0.15) is 5.26 Å². The van der Waals surface area contributed by atoms with Gasteiger partial charge in [-0.1, -0.05) is 24.3 Å². The minimum absolute atomic E-state index is 0.166. The van der Waals surface area contributed by atoms with Gasteiger partial charge in [-0.15, -0.1) is 0 Å². The number of rotatable bonds is 3. The van der Waals surface area contributed by atoms with Crippen LogP contribution in [0.5, 0.6) is 11.5 Å². The van der Waals surface area contributed by atoms with Crippen LogP contribution < -0.4 is 9.64 Å². The highest BCUT2D eigenvalue weighted by atomic mass is 16.5. The summed E-state index contributed by atoms with van der Waals surface area (Å²) in [4.78, 5) is 26.9. The molecule has 0 N–H and O–H groups in total. The predicted molar refractivity (Wildman–Crippen MR) is 95.5 cm³/mol. The minimum Gasteiger partial charge on any atom is -0.455 e. The van der Waals surface area contributed by atoms with E-state index in [2.05, 4.69) is 6.07 Å². The Balaban J connectivity index is 1.66. The number of amides is 2. The van der Waals surface area contributed by atoms with Crippen LogP contribution in [0.15, 0.2) is 60.7 Å². The van der Waals surface area contributed by atoms with Gasteiger partial charge in [0, 0.05) is 0 Å². The molecule has 2 aromatic carbocycles. The summed E-state index contributed by atoms with van der Waals surface area (Å²) in [5.41, 5.74) is 0.994. The smallest absolute Gasteiger partial charge is 0.238 e. The summed E-state index contributed by atoms with van der Waals surface area (Å²) in [6.45, 7) is 0. The summed E-state index contributed by atoms with van der Waals surface area (Å²) < 4.78 is 5.90. The van der Waals surface area contributed by atoms with Crippen LogP contribution in [0.1, 0.15) is 18.4 Å². The van der Waals surface area contributed by atoms with Crippen LogP contribution in [0.4, 0.5) is 5.69 Å². The highest BCUT2D eigenvalue weighted by Crippen LogP contribution is 2.41. The van der Waals surface area contributed by atoms with E-state index in [0.717, 1.165) is 0 Å². The SMILES string of the molecule is N#Cc1ccc(Oc2ccccc2N2C(=O)C3CC=CCC3C2=O)cc1. The quantitative estimate of drug-likeness (QED) is 0.627. The molecule has 0 spiro atoms. The molecule has 0 aromatic heterocycles. The molecule has 4 rings (SSSR count). The third kappa shape index (κ3) is 2.66. The average molecular weight is 344 g/mol. The number of hydrogen-bond acceptors (Lipinski definition) is 4. The lowest BCUT2D eigenvalue weighted by molar-refractivity contribution is -0.122.